The van der Waals surface area contributed by atoms with Crippen molar-refractivity contribution in [2.24, 2.45) is 0 Å². The van der Waals surface area contributed by atoms with Gasteiger partial charge in [-0.15, -0.1) is 0 Å². The van der Waals surface area contributed by atoms with E-state index in [1.807, 2.05) is 0 Å². The third-order valence-corrected chi connectivity index (χ3v) is 4.22. The van der Waals surface area contributed by atoms with Gasteiger partial charge in [-0.3, -0.25) is 0 Å². The van der Waals surface area contributed by atoms with Crippen LogP contribution in [-0.2, 0) is 16.8 Å². The molecule has 1 fully saturated rings. The number of methoxy groups -OCH3 is 1. The molecule has 1 aliphatic carbocycles. The Labute approximate surface area is 116 Å². The highest BCUT2D eigenvalue weighted by Gasteiger charge is 2.42. The smallest absolute Gasteiger partial charge is 0.143 e. The first kappa shape index (κ1) is 13.0. The highest BCUT2D eigenvalue weighted by atomic mass is 127. The summed E-state index contributed by atoms with van der Waals surface area (Å²) in [6, 6.07) is 0. The molecule has 0 atom stereocenters. The summed E-state index contributed by atoms with van der Waals surface area (Å²) in [5, 5.41) is 3.30. The Hall–Kier alpha value is -0.430. The van der Waals surface area contributed by atoms with E-state index in [9.17, 15) is 0 Å². The van der Waals surface area contributed by atoms with Gasteiger partial charge in [0.25, 0.3) is 0 Å². The number of hydrogen-bond acceptors (Lipinski definition) is 4. The Morgan fingerprint density at radius 1 is 1.41 bits per heavy atom. The predicted octanol–water partition coefficient (Wildman–Crippen LogP) is 2.71. The van der Waals surface area contributed by atoms with Crippen LogP contribution in [0.5, 0.6) is 0 Å². The van der Waals surface area contributed by atoms with Gasteiger partial charge in [0.1, 0.15) is 11.6 Å². The summed E-state index contributed by atoms with van der Waals surface area (Å²) in [6.07, 6.45) is 2.37. The highest BCUT2D eigenvalue weighted by Crippen LogP contribution is 2.46. The molecule has 0 radical (unpaired) electrons. The third kappa shape index (κ3) is 2.70. The minimum absolute atomic E-state index is 0.191. The molecule has 17 heavy (non-hydrogen) atoms. The quantitative estimate of drug-likeness (QED) is 0.832. The molecule has 2 rings (SSSR count). The molecule has 0 unspecified atom stereocenters. The van der Waals surface area contributed by atoms with Crippen LogP contribution in [0.25, 0.3) is 0 Å². The zero-order valence-electron chi connectivity index (χ0n) is 10.5. The van der Waals surface area contributed by atoms with Crippen LogP contribution in [-0.4, -0.2) is 23.6 Å². The number of ether oxygens (including phenoxy) is 1. The van der Waals surface area contributed by atoms with Crippen LogP contribution in [0.1, 0.15) is 38.2 Å². The van der Waals surface area contributed by atoms with Crippen molar-refractivity contribution in [3.8, 4) is 0 Å². The molecule has 0 spiro atoms. The van der Waals surface area contributed by atoms with E-state index in [1.165, 1.54) is 12.8 Å². The molecule has 4 nitrogen and oxygen atoms in total. The Kier molecular flexibility index (Phi) is 3.87. The molecule has 5 heteroatoms. The third-order valence-electron chi connectivity index (χ3n) is 3.08. The van der Waals surface area contributed by atoms with Gasteiger partial charge in [-0.2, -0.15) is 0 Å². The van der Waals surface area contributed by atoms with Gasteiger partial charge in [0.05, 0.1) is 15.9 Å². The molecule has 0 saturated heterocycles. The lowest BCUT2D eigenvalue weighted by molar-refractivity contribution is 0.180. The van der Waals surface area contributed by atoms with Gasteiger partial charge >= 0.3 is 0 Å². The van der Waals surface area contributed by atoms with Crippen molar-refractivity contribution in [3.63, 3.8) is 0 Å². The number of nitrogens with one attached hydrogen (secondary N) is 1. The Balaban J connectivity index is 2.40. The monoisotopic (exact) mass is 347 g/mol. The van der Waals surface area contributed by atoms with Crippen LogP contribution in [0.2, 0.25) is 0 Å². The SMILES string of the molecule is CCNc1nc(C2(C)CC2)nc(COC)c1I. The van der Waals surface area contributed by atoms with Crippen LogP contribution in [0.3, 0.4) is 0 Å². The van der Waals surface area contributed by atoms with Crippen LogP contribution >= 0.6 is 22.6 Å². The van der Waals surface area contributed by atoms with E-state index >= 15 is 0 Å². The predicted molar refractivity (Wildman–Crippen MR) is 76.2 cm³/mol. The molecule has 0 aliphatic heterocycles. The summed E-state index contributed by atoms with van der Waals surface area (Å²) in [5.41, 5.74) is 1.18. The molecule has 1 heterocycles. The van der Waals surface area contributed by atoms with Crippen molar-refractivity contribution in [2.45, 2.75) is 38.7 Å². The first-order valence-electron chi connectivity index (χ1n) is 5.90. The fourth-order valence-electron chi connectivity index (χ4n) is 1.69. The maximum atomic E-state index is 5.21. The van der Waals surface area contributed by atoms with Crippen molar-refractivity contribution >= 4 is 28.4 Å². The van der Waals surface area contributed by atoms with Gasteiger partial charge in [-0.25, -0.2) is 9.97 Å². The Morgan fingerprint density at radius 2 is 2.12 bits per heavy atom. The molecule has 0 amide bonds. The molecule has 94 valence electrons. The second-order valence-electron chi connectivity index (χ2n) is 4.68. The number of aromatic nitrogens is 2. The van der Waals surface area contributed by atoms with Gasteiger partial charge in [-0.1, -0.05) is 6.92 Å². The van der Waals surface area contributed by atoms with Crippen molar-refractivity contribution in [1.29, 1.82) is 0 Å². The topological polar surface area (TPSA) is 47.0 Å². The fourth-order valence-corrected chi connectivity index (χ4v) is 2.28. The molecule has 1 aliphatic rings. The van der Waals surface area contributed by atoms with E-state index < -0.39 is 0 Å². The fraction of sp³-hybridized carbons (Fsp3) is 0.667. The van der Waals surface area contributed by atoms with E-state index in [-0.39, 0.29) is 5.41 Å². The summed E-state index contributed by atoms with van der Waals surface area (Å²) in [4.78, 5) is 9.31. The van der Waals surface area contributed by atoms with Crippen molar-refractivity contribution < 1.29 is 4.74 Å². The first-order chi connectivity index (χ1) is 8.10. The zero-order valence-corrected chi connectivity index (χ0v) is 12.7. The summed E-state index contributed by atoms with van der Waals surface area (Å²) in [7, 11) is 1.70. The summed E-state index contributed by atoms with van der Waals surface area (Å²) in [5.74, 6) is 1.90. The molecule has 1 saturated carbocycles. The summed E-state index contributed by atoms with van der Waals surface area (Å²) in [6.45, 7) is 5.71. The van der Waals surface area contributed by atoms with E-state index in [0.717, 1.165) is 27.5 Å². The second kappa shape index (κ2) is 5.06. The van der Waals surface area contributed by atoms with Gasteiger partial charge < -0.3 is 10.1 Å². The Morgan fingerprint density at radius 3 is 2.65 bits per heavy atom. The van der Waals surface area contributed by atoms with E-state index in [2.05, 4.69) is 51.7 Å². The average molecular weight is 347 g/mol. The lowest BCUT2D eigenvalue weighted by Crippen LogP contribution is -2.14. The maximum Gasteiger partial charge on any atom is 0.143 e. The van der Waals surface area contributed by atoms with Gasteiger partial charge in [0, 0.05) is 19.1 Å². The summed E-state index contributed by atoms with van der Waals surface area (Å²) >= 11 is 2.29. The number of halogens is 1. The zero-order chi connectivity index (χ0) is 12.5. The van der Waals surface area contributed by atoms with E-state index in [4.69, 9.17) is 4.74 Å². The van der Waals surface area contributed by atoms with Crippen LogP contribution in [0, 0.1) is 3.57 Å². The molecule has 1 aromatic heterocycles. The van der Waals surface area contributed by atoms with Crippen LogP contribution in [0.15, 0.2) is 0 Å². The molecule has 0 aromatic carbocycles. The van der Waals surface area contributed by atoms with Gasteiger partial charge in [-0.05, 0) is 42.4 Å². The second-order valence-corrected chi connectivity index (χ2v) is 5.76. The standard InChI is InChI=1S/C12H18IN3O/c1-4-14-10-9(13)8(7-17-3)15-11(16-10)12(2)5-6-12/h4-7H2,1-3H3,(H,14,15,16). The molecular weight excluding hydrogens is 329 g/mol. The normalized spacial score (nSPS) is 16.9. The minimum atomic E-state index is 0.191. The number of hydrogen-bond donors (Lipinski definition) is 1. The van der Waals surface area contributed by atoms with Crippen LogP contribution < -0.4 is 5.32 Å². The lowest BCUT2D eigenvalue weighted by atomic mass is 10.1. The average Bonchev–Trinajstić information content (AvgIpc) is 3.04. The minimum Gasteiger partial charge on any atom is -0.378 e. The molecule has 1 N–H and O–H groups in total. The van der Waals surface area contributed by atoms with Crippen LogP contribution in [0.4, 0.5) is 5.82 Å². The molecule has 1 aromatic rings. The lowest BCUT2D eigenvalue weighted by Gasteiger charge is -2.14. The number of nitrogens with zero attached hydrogens (tertiary/aromatic N) is 2. The van der Waals surface area contributed by atoms with Crippen molar-refractivity contribution in [1.82, 2.24) is 9.97 Å². The van der Waals surface area contributed by atoms with E-state index in [1.54, 1.807) is 7.11 Å². The highest BCUT2D eigenvalue weighted by molar-refractivity contribution is 14.1. The van der Waals surface area contributed by atoms with Gasteiger partial charge in [0.2, 0.25) is 0 Å². The molecule has 0 bridgehead atoms. The van der Waals surface area contributed by atoms with Gasteiger partial charge in [0.15, 0.2) is 0 Å². The van der Waals surface area contributed by atoms with Crippen molar-refractivity contribution in [3.05, 3.63) is 15.1 Å². The van der Waals surface area contributed by atoms with Crippen molar-refractivity contribution in [2.75, 3.05) is 19.0 Å². The Bertz CT molecular complexity index is 391. The maximum absolute atomic E-state index is 5.21. The van der Waals surface area contributed by atoms with E-state index in [0.29, 0.717) is 6.61 Å². The summed E-state index contributed by atoms with van der Waals surface area (Å²) < 4.78 is 6.28. The first-order valence-corrected chi connectivity index (χ1v) is 6.98. The largest absolute Gasteiger partial charge is 0.378 e. The number of anilines is 1. The molecular formula is C12H18IN3O. The number of rotatable bonds is 5.